The van der Waals surface area contributed by atoms with Gasteiger partial charge in [-0.15, -0.1) is 0 Å². The summed E-state index contributed by atoms with van der Waals surface area (Å²) in [6, 6.07) is 9.78. The van der Waals surface area contributed by atoms with E-state index in [2.05, 4.69) is 0 Å². The van der Waals surface area contributed by atoms with Crippen LogP contribution in [0.4, 0.5) is 10.5 Å². The molecule has 1 amide bonds. The largest absolute Gasteiger partial charge is 0.442 e. The van der Waals surface area contributed by atoms with Crippen molar-refractivity contribution in [2.24, 2.45) is 0 Å². The maximum absolute atomic E-state index is 12.2. The molecule has 0 unspecified atom stereocenters. The molecule has 0 aliphatic heterocycles. The van der Waals surface area contributed by atoms with Crippen LogP contribution in [0.5, 0.6) is 0 Å². The predicted molar refractivity (Wildman–Crippen MR) is 78.1 cm³/mol. The molecular formula is C15H24N2O2. The summed E-state index contributed by atoms with van der Waals surface area (Å²) in [7, 11) is 1.87. The van der Waals surface area contributed by atoms with Crippen molar-refractivity contribution in [3.63, 3.8) is 0 Å². The van der Waals surface area contributed by atoms with Crippen LogP contribution in [0.3, 0.4) is 0 Å². The highest BCUT2D eigenvalue weighted by Gasteiger charge is 2.24. The van der Waals surface area contributed by atoms with Gasteiger partial charge in [-0.3, -0.25) is 5.01 Å². The van der Waals surface area contributed by atoms with Crippen molar-refractivity contribution >= 4 is 11.8 Å². The maximum Gasteiger partial charge on any atom is 0.429 e. The highest BCUT2D eigenvalue weighted by atomic mass is 16.6. The summed E-state index contributed by atoms with van der Waals surface area (Å²) < 4.78 is 5.44. The smallest absolute Gasteiger partial charge is 0.429 e. The first-order chi connectivity index (χ1) is 8.85. The second-order valence-electron chi connectivity index (χ2n) is 5.46. The number of hydrogen-bond donors (Lipinski definition) is 0. The van der Waals surface area contributed by atoms with Crippen molar-refractivity contribution in [2.75, 3.05) is 18.6 Å². The summed E-state index contributed by atoms with van der Waals surface area (Å²) in [6.45, 7) is 8.28. The van der Waals surface area contributed by atoms with Gasteiger partial charge in [-0.25, -0.2) is 9.80 Å². The van der Waals surface area contributed by atoms with Gasteiger partial charge >= 0.3 is 6.09 Å². The number of amides is 1. The van der Waals surface area contributed by atoms with Crippen molar-refractivity contribution in [2.45, 2.75) is 39.7 Å². The highest BCUT2D eigenvalue weighted by Crippen LogP contribution is 2.17. The van der Waals surface area contributed by atoms with Crippen LogP contribution in [0.25, 0.3) is 0 Å². The van der Waals surface area contributed by atoms with Gasteiger partial charge in [-0.1, -0.05) is 25.1 Å². The quantitative estimate of drug-likeness (QED) is 0.778. The van der Waals surface area contributed by atoms with Crippen molar-refractivity contribution in [3.8, 4) is 0 Å². The van der Waals surface area contributed by atoms with E-state index in [-0.39, 0.29) is 6.09 Å². The molecule has 4 nitrogen and oxygen atoms in total. The molecule has 1 rings (SSSR count). The normalized spacial score (nSPS) is 11.0. The lowest BCUT2D eigenvalue weighted by atomic mass is 10.2. The van der Waals surface area contributed by atoms with Crippen LogP contribution in [-0.2, 0) is 4.74 Å². The number of rotatable bonds is 4. The Hall–Kier alpha value is -1.71. The molecule has 19 heavy (non-hydrogen) atoms. The van der Waals surface area contributed by atoms with Crippen molar-refractivity contribution in [3.05, 3.63) is 30.3 Å². The zero-order valence-corrected chi connectivity index (χ0v) is 12.5. The van der Waals surface area contributed by atoms with Gasteiger partial charge in [0, 0.05) is 13.6 Å². The number of hydrogen-bond acceptors (Lipinski definition) is 3. The number of nitrogens with zero attached hydrogens (tertiary/aromatic N) is 2. The third kappa shape index (κ3) is 4.81. The van der Waals surface area contributed by atoms with Gasteiger partial charge in [0.15, 0.2) is 0 Å². The number of carbonyl (C=O) groups is 1. The van der Waals surface area contributed by atoms with E-state index in [1.165, 1.54) is 0 Å². The average molecular weight is 264 g/mol. The summed E-state index contributed by atoms with van der Waals surface area (Å²) in [5, 5.41) is 3.46. The van der Waals surface area contributed by atoms with Crippen LogP contribution in [0.1, 0.15) is 34.1 Å². The molecule has 0 saturated carbocycles. The molecule has 1 aromatic carbocycles. The highest BCUT2D eigenvalue weighted by molar-refractivity contribution is 5.70. The molecule has 0 N–H and O–H groups in total. The van der Waals surface area contributed by atoms with Crippen LogP contribution in [0.2, 0.25) is 0 Å². The molecule has 0 saturated heterocycles. The van der Waals surface area contributed by atoms with E-state index in [1.54, 1.807) is 5.01 Å². The molecule has 0 radical (unpaired) electrons. The number of ether oxygens (including phenoxy) is 1. The molecular weight excluding hydrogens is 240 g/mol. The molecule has 0 heterocycles. The number of para-hydroxylation sites is 1. The van der Waals surface area contributed by atoms with E-state index >= 15 is 0 Å². The van der Waals surface area contributed by atoms with Crippen LogP contribution in [0, 0.1) is 0 Å². The van der Waals surface area contributed by atoms with E-state index < -0.39 is 5.60 Å². The Morgan fingerprint density at radius 1 is 1.21 bits per heavy atom. The van der Waals surface area contributed by atoms with E-state index in [9.17, 15) is 4.79 Å². The Kier molecular flexibility index (Phi) is 5.21. The lowest BCUT2D eigenvalue weighted by molar-refractivity contribution is 0.0237. The first-order valence-electron chi connectivity index (χ1n) is 6.64. The fourth-order valence-corrected chi connectivity index (χ4v) is 1.67. The van der Waals surface area contributed by atoms with Crippen LogP contribution >= 0.6 is 0 Å². The Labute approximate surface area is 115 Å². The molecule has 4 heteroatoms. The number of carbonyl (C=O) groups excluding carboxylic acids is 1. The Bertz CT molecular complexity index is 398. The summed E-state index contributed by atoms with van der Waals surface area (Å²) >= 11 is 0. The summed E-state index contributed by atoms with van der Waals surface area (Å²) in [4.78, 5) is 12.2. The molecule has 0 atom stereocenters. The number of anilines is 1. The summed E-state index contributed by atoms with van der Waals surface area (Å²) in [5.41, 5.74) is 0.474. The number of benzene rings is 1. The van der Waals surface area contributed by atoms with Crippen LogP contribution in [-0.4, -0.2) is 30.3 Å². The average Bonchev–Trinajstić information content (AvgIpc) is 2.34. The molecule has 0 aliphatic rings. The van der Waals surface area contributed by atoms with E-state index in [4.69, 9.17) is 4.74 Å². The van der Waals surface area contributed by atoms with Gasteiger partial charge in [-0.2, -0.15) is 0 Å². The SMILES string of the molecule is CCCN(C(=O)OC(C)(C)C)N(C)c1ccccc1. The fraction of sp³-hybridized carbons (Fsp3) is 0.533. The fourth-order valence-electron chi connectivity index (χ4n) is 1.67. The van der Waals surface area contributed by atoms with Gasteiger partial charge < -0.3 is 4.74 Å². The Morgan fingerprint density at radius 3 is 2.26 bits per heavy atom. The third-order valence-corrected chi connectivity index (χ3v) is 2.53. The second-order valence-corrected chi connectivity index (χ2v) is 5.46. The molecule has 106 valence electrons. The van der Waals surface area contributed by atoms with Crippen molar-refractivity contribution < 1.29 is 9.53 Å². The molecule has 0 spiro atoms. The monoisotopic (exact) mass is 264 g/mol. The minimum atomic E-state index is -0.486. The van der Waals surface area contributed by atoms with Gasteiger partial charge in [0.2, 0.25) is 0 Å². The molecule has 0 fully saturated rings. The van der Waals surface area contributed by atoms with E-state index in [1.807, 2.05) is 70.1 Å². The van der Waals surface area contributed by atoms with Crippen LogP contribution in [0.15, 0.2) is 30.3 Å². The first-order valence-corrected chi connectivity index (χ1v) is 6.64. The van der Waals surface area contributed by atoms with Crippen LogP contribution < -0.4 is 5.01 Å². The van der Waals surface area contributed by atoms with Gasteiger partial charge in [-0.05, 0) is 39.3 Å². The zero-order valence-electron chi connectivity index (χ0n) is 12.5. The van der Waals surface area contributed by atoms with Gasteiger partial charge in [0.05, 0.1) is 5.69 Å². The van der Waals surface area contributed by atoms with Crippen molar-refractivity contribution in [1.29, 1.82) is 0 Å². The Morgan fingerprint density at radius 2 is 1.79 bits per heavy atom. The minimum absolute atomic E-state index is 0.319. The predicted octanol–water partition coefficient (Wildman–Crippen LogP) is 3.68. The topological polar surface area (TPSA) is 32.8 Å². The Balaban J connectivity index is 2.85. The molecule has 1 aromatic rings. The zero-order chi connectivity index (χ0) is 14.5. The lowest BCUT2D eigenvalue weighted by Gasteiger charge is -2.34. The minimum Gasteiger partial charge on any atom is -0.442 e. The molecule has 0 aromatic heterocycles. The second kappa shape index (κ2) is 6.45. The summed E-state index contributed by atoms with van der Waals surface area (Å²) in [6.07, 6.45) is 0.553. The lowest BCUT2D eigenvalue weighted by Crippen LogP contribution is -2.47. The maximum atomic E-state index is 12.2. The van der Waals surface area contributed by atoms with E-state index in [0.717, 1.165) is 12.1 Å². The third-order valence-electron chi connectivity index (χ3n) is 2.53. The molecule has 0 bridgehead atoms. The van der Waals surface area contributed by atoms with Gasteiger partial charge in [0.25, 0.3) is 0 Å². The number of hydrazine groups is 1. The first kappa shape index (κ1) is 15.3. The standard InChI is InChI=1S/C15H24N2O2/c1-6-12-17(14(18)19-15(2,3)4)16(5)13-10-8-7-9-11-13/h7-11H,6,12H2,1-5H3. The van der Waals surface area contributed by atoms with Crippen molar-refractivity contribution in [1.82, 2.24) is 5.01 Å². The van der Waals surface area contributed by atoms with Gasteiger partial charge in [0.1, 0.15) is 5.60 Å². The summed E-state index contributed by atoms with van der Waals surface area (Å²) in [5.74, 6) is 0. The van der Waals surface area contributed by atoms with E-state index in [0.29, 0.717) is 6.54 Å². The molecule has 0 aliphatic carbocycles.